The molecule has 0 spiro atoms. The van der Waals surface area contributed by atoms with Crippen molar-refractivity contribution in [3.05, 3.63) is 206 Å². The molecule has 6 aromatic carbocycles. The molecule has 5 aliphatic rings. The summed E-state index contributed by atoms with van der Waals surface area (Å²) in [5, 5.41) is 35.4. The van der Waals surface area contributed by atoms with Crippen LogP contribution in [0.4, 0.5) is 11.4 Å². The van der Waals surface area contributed by atoms with Crippen molar-refractivity contribution in [2.75, 3.05) is 49.2 Å². The lowest BCUT2D eigenvalue weighted by atomic mass is 9.78. The molecule has 80 heavy (non-hydrogen) atoms. The highest BCUT2D eigenvalue weighted by atomic mass is 16.5. The van der Waals surface area contributed by atoms with Crippen LogP contribution < -0.4 is 41.3 Å². The van der Waals surface area contributed by atoms with Crippen LogP contribution in [0.25, 0.3) is 5.57 Å². The number of amides is 4. The average molecular weight is 1080 g/mol. The van der Waals surface area contributed by atoms with Gasteiger partial charge in [0.25, 0.3) is 23.6 Å². The van der Waals surface area contributed by atoms with E-state index in [1.807, 2.05) is 86.6 Å². The predicted octanol–water partition coefficient (Wildman–Crippen LogP) is 8.92. The van der Waals surface area contributed by atoms with Crippen LogP contribution in [0.2, 0.25) is 0 Å². The van der Waals surface area contributed by atoms with E-state index in [9.17, 15) is 34.2 Å². The van der Waals surface area contributed by atoms with E-state index < -0.39 is 12.0 Å². The van der Waals surface area contributed by atoms with Gasteiger partial charge in [-0.1, -0.05) is 118 Å². The number of hydrogen-bond acceptors (Lipinski definition) is 10. The Labute approximate surface area is 472 Å². The Morgan fingerprint density at radius 1 is 0.500 bits per heavy atom. The number of benzene rings is 6. The zero-order chi connectivity index (χ0) is 57.7. The van der Waals surface area contributed by atoms with Gasteiger partial charge in [0.1, 0.15) is 6.61 Å². The molecule has 0 aromatic heterocycles. The van der Waals surface area contributed by atoms with E-state index in [1.165, 1.54) is 31.0 Å². The van der Waals surface area contributed by atoms with Gasteiger partial charge < -0.3 is 46.0 Å². The third-order valence-electron chi connectivity index (χ3n) is 13.7. The molecule has 422 valence electrons. The Balaban J connectivity index is 0.000000227. The highest BCUT2D eigenvalue weighted by Gasteiger charge is 2.24. The second-order valence-electron chi connectivity index (χ2n) is 20.6. The normalized spacial score (nSPS) is 15.4. The SMILES string of the molecule is CCCN(CCC)c1ccc(C)cc1.CCCN(CCOCC(C)=O)c1ccc(C2=C([O-])C(C)C2[O-])cc1.Cc1cc2cc(c1)C(=O)NCc1ccc(cc1)CNC(=O)c1cc(C)cc(c1)C(=O)NCc1ccc(cc1)CNC2=O. The number of ether oxygens (including phenoxy) is 1. The van der Waals surface area contributed by atoms with Crippen molar-refractivity contribution in [2.45, 2.75) is 107 Å². The van der Waals surface area contributed by atoms with Crippen molar-refractivity contribution in [3.8, 4) is 0 Å². The molecule has 11 rings (SSSR count). The zero-order valence-corrected chi connectivity index (χ0v) is 47.7. The summed E-state index contributed by atoms with van der Waals surface area (Å²) < 4.78 is 5.34. The van der Waals surface area contributed by atoms with Gasteiger partial charge in [0.05, 0.1) is 6.61 Å². The number of anilines is 2. The van der Waals surface area contributed by atoms with Crippen LogP contribution in [-0.4, -0.2) is 74.9 Å². The lowest BCUT2D eigenvalue weighted by molar-refractivity contribution is -0.437. The first-order valence-electron chi connectivity index (χ1n) is 27.8. The molecule has 0 saturated heterocycles. The van der Waals surface area contributed by atoms with Gasteiger partial charge in [-0.05, 0) is 152 Å². The van der Waals surface area contributed by atoms with Crippen LogP contribution in [0.5, 0.6) is 0 Å². The molecule has 4 amide bonds. The van der Waals surface area contributed by atoms with Gasteiger partial charge in [-0.15, -0.1) is 5.76 Å². The molecule has 8 bridgehead atoms. The number of carbonyl (C=O) groups is 5. The third-order valence-corrected chi connectivity index (χ3v) is 13.7. The van der Waals surface area contributed by atoms with E-state index in [0.29, 0.717) is 67.2 Å². The first-order chi connectivity index (χ1) is 38.5. The number of nitrogens with zero attached hydrogens (tertiary/aromatic N) is 2. The fraction of sp³-hybridized carbons (Fsp3) is 0.348. The maximum Gasteiger partial charge on any atom is 0.251 e. The molecule has 4 N–H and O–H groups in total. The summed E-state index contributed by atoms with van der Waals surface area (Å²) in [6.45, 7) is 21.3. The van der Waals surface area contributed by atoms with E-state index in [4.69, 9.17) is 4.74 Å². The Morgan fingerprint density at radius 3 is 1.16 bits per heavy atom. The van der Waals surface area contributed by atoms with Gasteiger partial charge in [-0.25, -0.2) is 0 Å². The molecule has 6 aromatic rings. The van der Waals surface area contributed by atoms with Crippen LogP contribution in [0.3, 0.4) is 0 Å². The lowest BCUT2D eigenvalue weighted by Crippen LogP contribution is -2.47. The summed E-state index contributed by atoms with van der Waals surface area (Å²) >= 11 is 0. The van der Waals surface area contributed by atoms with Crippen LogP contribution in [0, 0.1) is 26.7 Å². The first kappa shape index (κ1) is 61.1. The van der Waals surface area contributed by atoms with Gasteiger partial charge in [0, 0.05) is 86.0 Å². The molecule has 2 atom stereocenters. The van der Waals surface area contributed by atoms with Crippen LogP contribution in [0.15, 0.2) is 139 Å². The smallest absolute Gasteiger partial charge is 0.251 e. The molecule has 14 nitrogen and oxygen atoms in total. The minimum Gasteiger partial charge on any atom is -0.875 e. The highest BCUT2D eigenvalue weighted by Crippen LogP contribution is 2.37. The van der Waals surface area contributed by atoms with Crippen molar-refractivity contribution in [3.63, 3.8) is 0 Å². The number of aryl methyl sites for hydroxylation is 3. The average Bonchev–Trinajstić information content (AvgIpc) is 3.48. The highest BCUT2D eigenvalue weighted by molar-refractivity contribution is 6.01. The molecular weight excluding hydrogens is 1000 g/mol. The standard InChI is InChI=1S/C34H32N4O4.C19H26NO4.C13H21N/c1-21-11-27-15-28(12-21)32(40)36-18-24-5-9-26(10-6-24)20-38-34(42)30-14-22(2)13-29(16-30)33(41)37-19-25-7-3-23(4-8-25)17-35-31(27)39;1-4-9-20(10-11-24-12-13(2)21)16-7-5-15(6-8-16)17-18(22)14(3)19(17)23;1-4-10-14(11-5-2)13-8-6-12(3)7-9-13/h3-16H,17-20H2,1-2H3,(H,35,39)(H,36,40)(H,37,41)(H,38,42);5-8,14,18,23H,4,9-12H2,1-3H3;6-9H,4-5,10-11H2,1-3H3/q;-1;/p-1. The first-order valence-corrected chi connectivity index (χ1v) is 27.8. The molecule has 14 heteroatoms. The minimum atomic E-state index is -0.907. The second kappa shape index (κ2) is 30.3. The van der Waals surface area contributed by atoms with E-state index in [1.54, 1.807) is 43.3 Å². The summed E-state index contributed by atoms with van der Waals surface area (Å²) in [4.78, 5) is 67.2. The third kappa shape index (κ3) is 18.0. The maximum absolute atomic E-state index is 12.9. The van der Waals surface area contributed by atoms with Crippen molar-refractivity contribution in [2.24, 2.45) is 5.92 Å². The van der Waals surface area contributed by atoms with Crippen LogP contribution in [0.1, 0.15) is 140 Å². The largest absolute Gasteiger partial charge is 0.875 e. The van der Waals surface area contributed by atoms with Crippen LogP contribution in [-0.2, 0) is 35.7 Å². The van der Waals surface area contributed by atoms with Crippen molar-refractivity contribution >= 4 is 46.4 Å². The molecule has 0 fully saturated rings. The van der Waals surface area contributed by atoms with E-state index in [0.717, 1.165) is 70.7 Å². The maximum atomic E-state index is 12.9. The molecule has 1 aliphatic carbocycles. The van der Waals surface area contributed by atoms with E-state index >= 15 is 0 Å². The second-order valence-corrected chi connectivity index (χ2v) is 20.6. The minimum absolute atomic E-state index is 0.0185. The number of Topliss-reactive ketones (excluding diaryl/α,β-unsaturated/α-hetero) is 1. The predicted molar refractivity (Wildman–Crippen MR) is 314 cm³/mol. The molecule has 4 aliphatic heterocycles. The Kier molecular flexibility index (Phi) is 23.2. The van der Waals surface area contributed by atoms with Crippen molar-refractivity contribution < 1.29 is 38.9 Å². The fourth-order valence-corrected chi connectivity index (χ4v) is 9.31. The Morgan fingerprint density at radius 2 is 0.838 bits per heavy atom. The topological polar surface area (TPSA) is 195 Å². The number of carbonyl (C=O) groups excluding carboxylic acids is 5. The molecule has 4 heterocycles. The van der Waals surface area contributed by atoms with Crippen molar-refractivity contribution in [1.29, 1.82) is 0 Å². The summed E-state index contributed by atoms with van der Waals surface area (Å²) in [5.41, 5.74) is 11.7. The van der Waals surface area contributed by atoms with Gasteiger partial charge in [-0.2, -0.15) is 0 Å². The van der Waals surface area contributed by atoms with Crippen molar-refractivity contribution in [1.82, 2.24) is 21.3 Å². The number of hydrogen-bond donors (Lipinski definition) is 4. The lowest BCUT2D eigenvalue weighted by Gasteiger charge is -2.49. The van der Waals surface area contributed by atoms with Gasteiger partial charge in [0.15, 0.2) is 5.78 Å². The summed E-state index contributed by atoms with van der Waals surface area (Å²) in [6, 6.07) is 41.7. The van der Waals surface area contributed by atoms with E-state index in [2.05, 4.69) is 83.0 Å². The Hall–Kier alpha value is -8.07. The summed E-state index contributed by atoms with van der Waals surface area (Å²) in [5.74, 6) is -1.52. The quantitative estimate of drug-likeness (QED) is 0.0765. The molecule has 2 unspecified atom stereocenters. The zero-order valence-electron chi connectivity index (χ0n) is 47.7. The molecule has 0 radical (unpaired) electrons. The van der Waals surface area contributed by atoms with E-state index in [-0.39, 0.29) is 41.8 Å². The Bertz CT molecular complexity index is 2820. The monoisotopic (exact) mass is 1080 g/mol. The fourth-order valence-electron chi connectivity index (χ4n) is 9.31. The summed E-state index contributed by atoms with van der Waals surface area (Å²) in [7, 11) is 0. The molecule has 0 saturated carbocycles. The number of rotatable bonds is 14. The van der Waals surface area contributed by atoms with Gasteiger partial charge in [-0.3, -0.25) is 24.0 Å². The number of ketones is 1. The van der Waals surface area contributed by atoms with Crippen LogP contribution >= 0.6 is 0 Å². The van der Waals surface area contributed by atoms with Gasteiger partial charge >= 0.3 is 0 Å². The van der Waals surface area contributed by atoms with Gasteiger partial charge in [0.2, 0.25) is 0 Å². The number of nitrogens with one attached hydrogen (secondary N) is 4. The molecular formula is C66H78N6O8-2. The summed E-state index contributed by atoms with van der Waals surface area (Å²) in [6.07, 6.45) is 2.52.